The van der Waals surface area contributed by atoms with Crippen LogP contribution in [0.25, 0.3) is 0 Å². The number of rotatable bonds is 3. The Hall–Kier alpha value is -0.480. The van der Waals surface area contributed by atoms with Crippen LogP contribution >= 0.6 is 11.7 Å². The van der Waals surface area contributed by atoms with Gasteiger partial charge in [-0.3, -0.25) is 0 Å². The second-order valence-electron chi connectivity index (χ2n) is 4.75. The van der Waals surface area contributed by atoms with E-state index < -0.39 is 0 Å². The maximum Gasteiger partial charge on any atom is 0.0758 e. The van der Waals surface area contributed by atoms with Crippen molar-refractivity contribution in [1.82, 2.24) is 8.75 Å². The summed E-state index contributed by atoms with van der Waals surface area (Å²) in [6.45, 7) is 0. The predicted molar refractivity (Wildman–Crippen MR) is 55.9 cm³/mol. The van der Waals surface area contributed by atoms with Crippen molar-refractivity contribution in [1.29, 1.82) is 0 Å². The molecule has 3 rings (SSSR count). The molecule has 0 spiro atoms. The van der Waals surface area contributed by atoms with E-state index in [1.54, 1.807) is 0 Å². The summed E-state index contributed by atoms with van der Waals surface area (Å²) in [5.41, 5.74) is 7.26. The standard InChI is InChI=1S/C10H15N3S/c11-10(4-9-5-12-14-13-9)8-2-6-1-7(6)3-8/h5-8,10H,1-4,11H2. The number of hydrogen-bond donors (Lipinski definition) is 1. The second-order valence-corrected chi connectivity index (χ2v) is 5.31. The highest BCUT2D eigenvalue weighted by molar-refractivity contribution is 6.99. The van der Waals surface area contributed by atoms with Crippen molar-refractivity contribution in [2.45, 2.75) is 31.7 Å². The van der Waals surface area contributed by atoms with E-state index in [2.05, 4.69) is 8.75 Å². The molecule has 0 amide bonds. The Morgan fingerprint density at radius 3 is 2.86 bits per heavy atom. The summed E-state index contributed by atoms with van der Waals surface area (Å²) in [5, 5.41) is 0. The van der Waals surface area contributed by atoms with Crippen LogP contribution in [0.3, 0.4) is 0 Å². The average Bonchev–Trinajstić information content (AvgIpc) is 2.68. The summed E-state index contributed by atoms with van der Waals surface area (Å²) in [6.07, 6.45) is 6.97. The highest BCUT2D eigenvalue weighted by atomic mass is 32.1. The zero-order valence-corrected chi connectivity index (χ0v) is 8.91. The number of nitrogens with two attached hydrogens (primary N) is 1. The molecule has 0 radical (unpaired) electrons. The molecule has 3 unspecified atom stereocenters. The van der Waals surface area contributed by atoms with Crippen LogP contribution < -0.4 is 5.73 Å². The maximum absolute atomic E-state index is 6.19. The normalized spacial score (nSPS) is 36.8. The van der Waals surface area contributed by atoms with Crippen LogP contribution in [0.2, 0.25) is 0 Å². The molecule has 2 aliphatic carbocycles. The van der Waals surface area contributed by atoms with Gasteiger partial charge in [0.15, 0.2) is 0 Å². The molecule has 1 aromatic heterocycles. The first-order valence-electron chi connectivity index (χ1n) is 5.35. The molecule has 14 heavy (non-hydrogen) atoms. The van der Waals surface area contributed by atoms with Crippen LogP contribution in [0.4, 0.5) is 0 Å². The lowest BCUT2D eigenvalue weighted by atomic mass is 9.92. The van der Waals surface area contributed by atoms with E-state index in [1.165, 1.54) is 31.0 Å². The van der Waals surface area contributed by atoms with Gasteiger partial charge in [0.05, 0.1) is 23.6 Å². The first-order valence-corrected chi connectivity index (χ1v) is 6.08. The first kappa shape index (κ1) is 8.80. The van der Waals surface area contributed by atoms with Gasteiger partial charge in [0, 0.05) is 12.5 Å². The van der Waals surface area contributed by atoms with Gasteiger partial charge < -0.3 is 5.73 Å². The van der Waals surface area contributed by atoms with Crippen molar-refractivity contribution < 1.29 is 0 Å². The van der Waals surface area contributed by atoms with Crippen LogP contribution in [0.1, 0.15) is 25.0 Å². The summed E-state index contributed by atoms with van der Waals surface area (Å²) >= 11 is 1.28. The Labute approximate surface area is 88.0 Å². The molecule has 1 heterocycles. The largest absolute Gasteiger partial charge is 0.327 e. The lowest BCUT2D eigenvalue weighted by Gasteiger charge is -2.19. The molecule has 0 saturated heterocycles. The fraction of sp³-hybridized carbons (Fsp3) is 0.800. The lowest BCUT2D eigenvalue weighted by Crippen LogP contribution is -2.31. The third kappa shape index (κ3) is 1.57. The summed E-state index contributed by atoms with van der Waals surface area (Å²) in [5.74, 6) is 2.81. The van der Waals surface area contributed by atoms with Crippen LogP contribution in [-0.2, 0) is 6.42 Å². The van der Waals surface area contributed by atoms with Crippen molar-refractivity contribution in [3.05, 3.63) is 11.9 Å². The van der Waals surface area contributed by atoms with Crippen LogP contribution in [0.5, 0.6) is 0 Å². The van der Waals surface area contributed by atoms with Gasteiger partial charge in [0.2, 0.25) is 0 Å². The second kappa shape index (κ2) is 3.28. The zero-order chi connectivity index (χ0) is 9.54. The molecule has 1 aromatic rings. The number of aromatic nitrogens is 2. The van der Waals surface area contributed by atoms with Gasteiger partial charge in [0.25, 0.3) is 0 Å². The molecule has 76 valence electrons. The van der Waals surface area contributed by atoms with Crippen molar-refractivity contribution in [2.75, 3.05) is 0 Å². The molecule has 2 fully saturated rings. The Morgan fingerprint density at radius 1 is 1.43 bits per heavy atom. The van der Waals surface area contributed by atoms with Crippen molar-refractivity contribution in [3.63, 3.8) is 0 Å². The SMILES string of the molecule is NC(Cc1cnsn1)C1CC2CC2C1. The highest BCUT2D eigenvalue weighted by Gasteiger charge is 2.47. The Balaban J connectivity index is 1.58. The number of nitrogens with zero attached hydrogens (tertiary/aromatic N) is 2. The molecule has 3 atom stereocenters. The Kier molecular flexibility index (Phi) is 2.06. The Bertz CT molecular complexity index is 301. The molecule has 2 aliphatic rings. The van der Waals surface area contributed by atoms with Crippen LogP contribution in [0, 0.1) is 17.8 Å². The van der Waals surface area contributed by atoms with E-state index in [-0.39, 0.29) is 0 Å². The topological polar surface area (TPSA) is 51.8 Å². The molecule has 2 N–H and O–H groups in total. The predicted octanol–water partition coefficient (Wildman–Crippen LogP) is 1.45. The quantitative estimate of drug-likeness (QED) is 0.820. The molecular weight excluding hydrogens is 194 g/mol. The van der Waals surface area contributed by atoms with E-state index in [0.717, 1.165) is 29.9 Å². The van der Waals surface area contributed by atoms with E-state index >= 15 is 0 Å². The zero-order valence-electron chi connectivity index (χ0n) is 8.10. The number of hydrogen-bond acceptors (Lipinski definition) is 4. The molecular formula is C10H15N3S. The molecule has 3 nitrogen and oxygen atoms in total. The minimum absolute atomic E-state index is 0.312. The van der Waals surface area contributed by atoms with Gasteiger partial charge in [-0.05, 0) is 37.0 Å². The lowest BCUT2D eigenvalue weighted by molar-refractivity contribution is 0.391. The molecule has 4 heteroatoms. The Morgan fingerprint density at radius 2 is 2.21 bits per heavy atom. The summed E-state index contributed by atoms with van der Waals surface area (Å²) in [7, 11) is 0. The van der Waals surface area contributed by atoms with E-state index in [1.807, 2.05) is 6.20 Å². The van der Waals surface area contributed by atoms with Gasteiger partial charge in [0.1, 0.15) is 0 Å². The average molecular weight is 209 g/mol. The fourth-order valence-corrected chi connectivity index (χ4v) is 3.24. The van der Waals surface area contributed by atoms with Gasteiger partial charge in [-0.2, -0.15) is 8.75 Å². The maximum atomic E-state index is 6.19. The third-order valence-electron chi connectivity index (χ3n) is 3.74. The minimum Gasteiger partial charge on any atom is -0.327 e. The van der Waals surface area contributed by atoms with Gasteiger partial charge >= 0.3 is 0 Å². The van der Waals surface area contributed by atoms with E-state index in [0.29, 0.717) is 6.04 Å². The van der Waals surface area contributed by atoms with E-state index in [9.17, 15) is 0 Å². The van der Waals surface area contributed by atoms with Crippen LogP contribution in [0.15, 0.2) is 6.20 Å². The van der Waals surface area contributed by atoms with Gasteiger partial charge in [-0.1, -0.05) is 0 Å². The van der Waals surface area contributed by atoms with E-state index in [4.69, 9.17) is 5.73 Å². The fourth-order valence-electron chi connectivity index (χ4n) is 2.79. The van der Waals surface area contributed by atoms with Gasteiger partial charge in [-0.25, -0.2) is 0 Å². The number of fused-ring (bicyclic) bond motifs is 1. The van der Waals surface area contributed by atoms with Crippen molar-refractivity contribution in [3.8, 4) is 0 Å². The smallest absolute Gasteiger partial charge is 0.0758 e. The summed E-state index contributed by atoms with van der Waals surface area (Å²) in [4.78, 5) is 0. The monoisotopic (exact) mass is 209 g/mol. The summed E-state index contributed by atoms with van der Waals surface area (Å²) < 4.78 is 8.21. The van der Waals surface area contributed by atoms with Crippen molar-refractivity contribution in [2.24, 2.45) is 23.5 Å². The summed E-state index contributed by atoms with van der Waals surface area (Å²) in [6, 6.07) is 0.312. The molecule has 0 bridgehead atoms. The van der Waals surface area contributed by atoms with Gasteiger partial charge in [-0.15, -0.1) is 0 Å². The first-order chi connectivity index (χ1) is 6.83. The molecule has 2 saturated carbocycles. The highest BCUT2D eigenvalue weighted by Crippen LogP contribution is 2.55. The van der Waals surface area contributed by atoms with Crippen LogP contribution in [-0.4, -0.2) is 14.8 Å². The minimum atomic E-state index is 0.312. The van der Waals surface area contributed by atoms with Crippen molar-refractivity contribution >= 4 is 11.7 Å². The molecule has 0 aliphatic heterocycles. The third-order valence-corrected chi connectivity index (χ3v) is 4.25. The molecule has 0 aromatic carbocycles.